The van der Waals surface area contributed by atoms with Crippen LogP contribution in [0.2, 0.25) is 0 Å². The van der Waals surface area contributed by atoms with Crippen molar-refractivity contribution in [3.8, 4) is 5.69 Å². The second kappa shape index (κ2) is 11.5. The zero-order chi connectivity index (χ0) is 29.2. The van der Waals surface area contributed by atoms with Crippen LogP contribution in [0.3, 0.4) is 0 Å². The molecule has 4 rings (SSSR count). The summed E-state index contributed by atoms with van der Waals surface area (Å²) < 4.78 is 30.7. The fourth-order valence-corrected chi connectivity index (χ4v) is 6.14. The predicted octanol–water partition coefficient (Wildman–Crippen LogP) is 5.98. The van der Waals surface area contributed by atoms with Gasteiger partial charge >= 0.3 is 0 Å². The molecule has 0 spiro atoms. The molecule has 0 atom stereocenters. The van der Waals surface area contributed by atoms with E-state index in [9.17, 15) is 13.2 Å². The van der Waals surface area contributed by atoms with Crippen LogP contribution in [0.4, 0.5) is 5.69 Å². The van der Waals surface area contributed by atoms with E-state index in [1.54, 1.807) is 42.6 Å². The third-order valence-electron chi connectivity index (χ3n) is 7.35. The number of hydrogen-bond acceptors (Lipinski definition) is 4. The molecule has 0 aliphatic heterocycles. The SMILES string of the molecule is Cc1ccc(S(=O)(=O)N(CC(=O)N/N=C\c2cc(C)n(-c3ccc(C)c(C)c3)c2C)c2cccc(C)c2C)cc1. The number of carbonyl (C=O) groups excluding carboxylic acids is 1. The van der Waals surface area contributed by atoms with Gasteiger partial charge in [0.05, 0.1) is 16.8 Å². The number of aryl methyl sites for hydroxylation is 5. The quantitative estimate of drug-likeness (QED) is 0.214. The molecular formula is C32H36N4O3S. The molecule has 1 amide bonds. The zero-order valence-corrected chi connectivity index (χ0v) is 24.9. The van der Waals surface area contributed by atoms with Gasteiger partial charge < -0.3 is 4.57 Å². The summed E-state index contributed by atoms with van der Waals surface area (Å²) in [5.74, 6) is -0.546. The molecule has 1 aromatic heterocycles. The molecule has 0 unspecified atom stereocenters. The highest BCUT2D eigenvalue weighted by Gasteiger charge is 2.28. The normalized spacial score (nSPS) is 11.7. The van der Waals surface area contributed by atoms with Crippen molar-refractivity contribution in [3.63, 3.8) is 0 Å². The van der Waals surface area contributed by atoms with Gasteiger partial charge in [-0.05, 0) is 107 Å². The van der Waals surface area contributed by atoms with Crippen molar-refractivity contribution in [1.82, 2.24) is 9.99 Å². The maximum atomic E-state index is 13.7. The van der Waals surface area contributed by atoms with E-state index >= 15 is 0 Å². The number of nitrogens with one attached hydrogen (secondary N) is 1. The summed E-state index contributed by atoms with van der Waals surface area (Å²) in [5, 5.41) is 4.18. The average Bonchev–Trinajstić information content (AvgIpc) is 3.19. The van der Waals surface area contributed by atoms with E-state index in [0.717, 1.165) is 43.6 Å². The van der Waals surface area contributed by atoms with Gasteiger partial charge in [-0.25, -0.2) is 13.8 Å². The van der Waals surface area contributed by atoms with Crippen molar-refractivity contribution < 1.29 is 13.2 Å². The number of hydrazone groups is 1. The van der Waals surface area contributed by atoms with Crippen LogP contribution in [0, 0.1) is 48.5 Å². The number of benzene rings is 3. The number of amides is 1. The number of carbonyl (C=O) groups is 1. The molecule has 0 bridgehead atoms. The molecule has 3 aromatic carbocycles. The number of anilines is 1. The molecule has 0 saturated heterocycles. The first kappa shape index (κ1) is 28.8. The van der Waals surface area contributed by atoms with E-state index in [-0.39, 0.29) is 4.90 Å². The van der Waals surface area contributed by atoms with E-state index in [4.69, 9.17) is 0 Å². The molecule has 0 aliphatic carbocycles. The molecule has 1 heterocycles. The van der Waals surface area contributed by atoms with Crippen molar-refractivity contribution in [2.75, 3.05) is 10.8 Å². The van der Waals surface area contributed by atoms with Crippen LogP contribution in [0.15, 0.2) is 76.7 Å². The summed E-state index contributed by atoms with van der Waals surface area (Å²) >= 11 is 0. The van der Waals surface area contributed by atoms with Gasteiger partial charge in [-0.3, -0.25) is 9.10 Å². The van der Waals surface area contributed by atoms with Gasteiger partial charge in [0.2, 0.25) is 0 Å². The lowest BCUT2D eigenvalue weighted by Gasteiger charge is -2.26. The molecule has 0 saturated carbocycles. The number of aromatic nitrogens is 1. The van der Waals surface area contributed by atoms with E-state index in [0.29, 0.717) is 5.69 Å². The Morgan fingerprint density at radius 3 is 2.25 bits per heavy atom. The molecule has 8 heteroatoms. The first-order chi connectivity index (χ1) is 18.9. The molecule has 0 fully saturated rings. The minimum atomic E-state index is -4.01. The Balaban J connectivity index is 1.58. The average molecular weight is 557 g/mol. The van der Waals surface area contributed by atoms with Crippen molar-refractivity contribution in [2.45, 2.75) is 53.4 Å². The van der Waals surface area contributed by atoms with Gasteiger partial charge in [-0.15, -0.1) is 0 Å². The first-order valence-electron chi connectivity index (χ1n) is 13.1. The minimum absolute atomic E-state index is 0.120. The molecule has 40 heavy (non-hydrogen) atoms. The molecule has 4 aromatic rings. The summed E-state index contributed by atoms with van der Waals surface area (Å²) in [6.45, 7) is 13.4. The maximum Gasteiger partial charge on any atom is 0.264 e. The van der Waals surface area contributed by atoms with Crippen LogP contribution < -0.4 is 9.73 Å². The lowest BCUT2D eigenvalue weighted by molar-refractivity contribution is -0.119. The summed E-state index contributed by atoms with van der Waals surface area (Å²) in [6.07, 6.45) is 1.59. The van der Waals surface area contributed by atoms with Gasteiger partial charge in [0.1, 0.15) is 6.54 Å². The third-order valence-corrected chi connectivity index (χ3v) is 9.13. The Bertz CT molecular complexity index is 1700. The smallest absolute Gasteiger partial charge is 0.264 e. The Kier molecular flexibility index (Phi) is 8.30. The summed E-state index contributed by atoms with van der Waals surface area (Å²) in [7, 11) is -4.01. The van der Waals surface area contributed by atoms with Gasteiger partial charge in [-0.2, -0.15) is 5.10 Å². The van der Waals surface area contributed by atoms with E-state index in [1.807, 2.05) is 46.8 Å². The Hall–Kier alpha value is -4.17. The minimum Gasteiger partial charge on any atom is -0.318 e. The lowest BCUT2D eigenvalue weighted by Crippen LogP contribution is -2.40. The van der Waals surface area contributed by atoms with E-state index in [2.05, 4.69) is 47.1 Å². The van der Waals surface area contributed by atoms with Gasteiger partial charge in [0.25, 0.3) is 15.9 Å². The number of hydrogen-bond donors (Lipinski definition) is 1. The van der Waals surface area contributed by atoms with Crippen LogP contribution in [0.25, 0.3) is 5.69 Å². The topological polar surface area (TPSA) is 83.8 Å². The molecular weight excluding hydrogens is 520 g/mol. The summed E-state index contributed by atoms with van der Waals surface area (Å²) in [4.78, 5) is 13.2. The van der Waals surface area contributed by atoms with Crippen LogP contribution >= 0.6 is 0 Å². The molecule has 1 N–H and O–H groups in total. The van der Waals surface area contributed by atoms with Gasteiger partial charge in [0.15, 0.2) is 0 Å². The monoisotopic (exact) mass is 556 g/mol. The number of nitrogens with zero attached hydrogens (tertiary/aromatic N) is 3. The van der Waals surface area contributed by atoms with Crippen molar-refractivity contribution in [3.05, 3.63) is 111 Å². The first-order valence-corrected chi connectivity index (χ1v) is 14.6. The Morgan fingerprint density at radius 2 is 1.57 bits per heavy atom. The van der Waals surface area contributed by atoms with Gasteiger partial charge in [-0.1, -0.05) is 35.9 Å². The molecule has 0 radical (unpaired) electrons. The zero-order valence-electron chi connectivity index (χ0n) is 24.1. The second-order valence-electron chi connectivity index (χ2n) is 10.3. The molecule has 208 valence electrons. The molecule has 0 aliphatic rings. The largest absolute Gasteiger partial charge is 0.318 e. The Labute approximate surface area is 237 Å². The highest BCUT2D eigenvalue weighted by molar-refractivity contribution is 7.92. The summed E-state index contributed by atoms with van der Waals surface area (Å²) in [6, 6.07) is 20.4. The summed E-state index contributed by atoms with van der Waals surface area (Å²) in [5.41, 5.74) is 12.0. The fourth-order valence-electron chi connectivity index (χ4n) is 4.66. The highest BCUT2D eigenvalue weighted by Crippen LogP contribution is 2.29. The van der Waals surface area contributed by atoms with Crippen molar-refractivity contribution in [2.24, 2.45) is 5.10 Å². The molecule has 7 nitrogen and oxygen atoms in total. The van der Waals surface area contributed by atoms with Crippen LogP contribution in [-0.2, 0) is 14.8 Å². The maximum absolute atomic E-state index is 13.7. The van der Waals surface area contributed by atoms with Crippen LogP contribution in [0.1, 0.15) is 44.8 Å². The standard InChI is InChI=1S/C32H36N4O3S/c1-21-11-15-30(16-12-21)40(38,39)35(31-10-8-9-23(3)26(31)6)20-32(37)34-33-19-28-18-25(5)36(27(28)7)29-14-13-22(2)24(4)17-29/h8-19H,20H2,1-7H3,(H,34,37)/b33-19-. The lowest BCUT2D eigenvalue weighted by atomic mass is 10.1. The highest BCUT2D eigenvalue weighted by atomic mass is 32.2. The van der Waals surface area contributed by atoms with Crippen molar-refractivity contribution in [1.29, 1.82) is 0 Å². The van der Waals surface area contributed by atoms with Crippen LogP contribution in [-0.4, -0.2) is 31.7 Å². The number of rotatable bonds is 8. The van der Waals surface area contributed by atoms with Gasteiger partial charge in [0, 0.05) is 22.6 Å². The predicted molar refractivity (Wildman–Crippen MR) is 162 cm³/mol. The fraction of sp³-hybridized carbons (Fsp3) is 0.250. The van der Waals surface area contributed by atoms with Crippen LogP contribution in [0.5, 0.6) is 0 Å². The van der Waals surface area contributed by atoms with Crippen molar-refractivity contribution >= 4 is 27.8 Å². The Morgan fingerprint density at radius 1 is 0.875 bits per heavy atom. The number of sulfonamides is 1. The second-order valence-corrected chi connectivity index (χ2v) is 12.1. The third kappa shape index (κ3) is 5.87. The van der Waals surface area contributed by atoms with E-state index in [1.165, 1.54) is 11.1 Å². The van der Waals surface area contributed by atoms with E-state index < -0.39 is 22.5 Å².